The van der Waals surface area contributed by atoms with Crippen molar-refractivity contribution in [3.8, 4) is 0 Å². The molecular formula is C19H19N5O2. The third-order valence-electron chi connectivity index (χ3n) is 4.50. The van der Waals surface area contributed by atoms with Gasteiger partial charge in [0.05, 0.1) is 4.92 Å². The predicted octanol–water partition coefficient (Wildman–Crippen LogP) is 3.75. The molecule has 0 unspecified atom stereocenters. The van der Waals surface area contributed by atoms with E-state index in [1.165, 1.54) is 17.0 Å². The third kappa shape index (κ3) is 3.28. The van der Waals surface area contributed by atoms with Crippen molar-refractivity contribution < 1.29 is 4.92 Å². The topological polar surface area (TPSA) is 84.2 Å². The smallest absolute Gasteiger partial charge is 0.329 e. The molecule has 0 aliphatic heterocycles. The first-order valence-corrected chi connectivity index (χ1v) is 8.57. The lowest BCUT2D eigenvalue weighted by Gasteiger charge is -2.19. The molecular weight excluding hydrogens is 330 g/mol. The van der Waals surface area contributed by atoms with Crippen LogP contribution in [0.3, 0.4) is 0 Å². The number of anilines is 2. The fourth-order valence-electron chi connectivity index (χ4n) is 2.97. The molecule has 0 radical (unpaired) electrons. The number of hydrogen-bond acceptors (Lipinski definition) is 6. The minimum absolute atomic E-state index is 0.0841. The summed E-state index contributed by atoms with van der Waals surface area (Å²) < 4.78 is 0. The molecule has 0 bridgehead atoms. The van der Waals surface area contributed by atoms with E-state index in [9.17, 15) is 10.1 Å². The van der Waals surface area contributed by atoms with Crippen LogP contribution in [0.5, 0.6) is 0 Å². The Hall–Kier alpha value is -3.22. The van der Waals surface area contributed by atoms with Crippen LogP contribution in [0, 0.1) is 10.1 Å². The highest BCUT2D eigenvalue weighted by Crippen LogP contribution is 2.30. The van der Waals surface area contributed by atoms with E-state index in [0.29, 0.717) is 18.3 Å². The van der Waals surface area contributed by atoms with Crippen LogP contribution in [0.4, 0.5) is 17.5 Å². The fourth-order valence-corrected chi connectivity index (χ4v) is 2.97. The molecule has 7 nitrogen and oxygen atoms in total. The molecule has 1 saturated carbocycles. The molecule has 3 aromatic rings. The first-order valence-electron chi connectivity index (χ1n) is 8.57. The van der Waals surface area contributed by atoms with Gasteiger partial charge >= 0.3 is 5.69 Å². The average Bonchev–Trinajstić information content (AvgIpc) is 3.46. The maximum atomic E-state index is 11.2. The van der Waals surface area contributed by atoms with Gasteiger partial charge in [-0.3, -0.25) is 10.1 Å². The van der Waals surface area contributed by atoms with Gasteiger partial charge in [-0.25, -0.2) is 4.98 Å². The van der Waals surface area contributed by atoms with E-state index < -0.39 is 4.92 Å². The van der Waals surface area contributed by atoms with E-state index in [4.69, 9.17) is 0 Å². The highest BCUT2D eigenvalue weighted by molar-refractivity contribution is 5.85. The molecule has 0 spiro atoms. The van der Waals surface area contributed by atoms with Gasteiger partial charge < -0.3 is 10.2 Å². The van der Waals surface area contributed by atoms with Gasteiger partial charge in [-0.2, -0.15) is 4.98 Å². The van der Waals surface area contributed by atoms with Crippen molar-refractivity contribution in [2.45, 2.75) is 25.4 Å². The van der Waals surface area contributed by atoms with Gasteiger partial charge in [0.2, 0.25) is 11.8 Å². The molecule has 1 fully saturated rings. The van der Waals surface area contributed by atoms with E-state index in [-0.39, 0.29) is 11.7 Å². The van der Waals surface area contributed by atoms with Crippen LogP contribution in [0.15, 0.2) is 48.7 Å². The SMILES string of the molecule is CN(Cc1cccc2ccccc12)c1ncc([N+](=O)[O-])c(NC2CC2)n1. The molecule has 2 aromatic carbocycles. The zero-order valence-corrected chi connectivity index (χ0v) is 14.4. The molecule has 0 atom stereocenters. The van der Waals surface area contributed by atoms with Crippen LogP contribution in [-0.2, 0) is 6.54 Å². The minimum atomic E-state index is -0.445. The number of nitro groups is 1. The maximum Gasteiger partial charge on any atom is 0.329 e. The lowest BCUT2D eigenvalue weighted by Crippen LogP contribution is -2.20. The van der Waals surface area contributed by atoms with Crippen LogP contribution >= 0.6 is 0 Å². The molecule has 1 N–H and O–H groups in total. The predicted molar refractivity (Wildman–Crippen MR) is 101 cm³/mol. The zero-order chi connectivity index (χ0) is 18.1. The van der Waals surface area contributed by atoms with Gasteiger partial charge in [0, 0.05) is 19.6 Å². The number of fused-ring (bicyclic) bond motifs is 1. The van der Waals surface area contributed by atoms with Crippen LogP contribution < -0.4 is 10.2 Å². The van der Waals surface area contributed by atoms with E-state index >= 15 is 0 Å². The lowest BCUT2D eigenvalue weighted by molar-refractivity contribution is -0.384. The summed E-state index contributed by atoms with van der Waals surface area (Å²) in [5.74, 6) is 0.763. The van der Waals surface area contributed by atoms with Gasteiger partial charge in [0.25, 0.3) is 0 Å². The summed E-state index contributed by atoms with van der Waals surface area (Å²) in [4.78, 5) is 21.3. The Kier molecular flexibility index (Phi) is 4.12. The molecule has 1 heterocycles. The standard InChI is InChI=1S/C19H19N5O2/c1-23(12-14-7-4-6-13-5-2-3-8-16(13)14)19-20-11-17(24(25)26)18(22-19)21-15-9-10-15/h2-8,11,15H,9-10,12H2,1H3,(H,20,21,22). The van der Waals surface area contributed by atoms with Gasteiger partial charge in [-0.05, 0) is 29.2 Å². The second-order valence-corrected chi connectivity index (χ2v) is 6.57. The molecule has 7 heteroatoms. The fraction of sp³-hybridized carbons (Fsp3) is 0.263. The summed E-state index contributed by atoms with van der Waals surface area (Å²) in [6, 6.07) is 14.7. The summed E-state index contributed by atoms with van der Waals surface area (Å²) in [5.41, 5.74) is 1.07. The van der Waals surface area contributed by atoms with Crippen LogP contribution in [0.2, 0.25) is 0 Å². The van der Waals surface area contributed by atoms with Crippen molar-refractivity contribution in [1.82, 2.24) is 9.97 Å². The summed E-state index contributed by atoms with van der Waals surface area (Å²) in [7, 11) is 1.89. The van der Waals surface area contributed by atoms with Crippen molar-refractivity contribution in [2.24, 2.45) is 0 Å². The molecule has 0 saturated heterocycles. The molecule has 1 aromatic heterocycles. The first-order chi connectivity index (χ1) is 12.6. The summed E-state index contributed by atoms with van der Waals surface area (Å²) in [5, 5.41) is 16.7. The lowest BCUT2D eigenvalue weighted by atomic mass is 10.0. The van der Waals surface area contributed by atoms with Gasteiger partial charge in [0.15, 0.2) is 0 Å². The molecule has 132 valence electrons. The molecule has 26 heavy (non-hydrogen) atoms. The van der Waals surface area contributed by atoms with Crippen molar-refractivity contribution in [2.75, 3.05) is 17.3 Å². The van der Waals surface area contributed by atoms with Gasteiger partial charge in [0.1, 0.15) is 6.20 Å². The van der Waals surface area contributed by atoms with Crippen molar-refractivity contribution in [1.29, 1.82) is 0 Å². The second kappa shape index (κ2) is 6.59. The number of nitrogens with zero attached hydrogens (tertiary/aromatic N) is 4. The minimum Gasteiger partial charge on any atom is -0.361 e. The van der Waals surface area contributed by atoms with Crippen molar-refractivity contribution in [3.05, 3.63) is 64.3 Å². The monoisotopic (exact) mass is 349 g/mol. The second-order valence-electron chi connectivity index (χ2n) is 6.57. The van der Waals surface area contributed by atoms with Gasteiger partial charge in [-0.15, -0.1) is 0 Å². The highest BCUT2D eigenvalue weighted by Gasteiger charge is 2.27. The summed E-state index contributed by atoms with van der Waals surface area (Å²) in [6.07, 6.45) is 3.32. The van der Waals surface area contributed by atoms with Crippen LogP contribution in [-0.4, -0.2) is 28.0 Å². The Morgan fingerprint density at radius 1 is 1.23 bits per heavy atom. The number of aromatic nitrogens is 2. The zero-order valence-electron chi connectivity index (χ0n) is 14.4. The van der Waals surface area contributed by atoms with E-state index in [1.54, 1.807) is 0 Å². The van der Waals surface area contributed by atoms with Crippen LogP contribution in [0.25, 0.3) is 10.8 Å². The normalized spacial score (nSPS) is 13.6. The Morgan fingerprint density at radius 3 is 2.77 bits per heavy atom. The maximum absolute atomic E-state index is 11.2. The third-order valence-corrected chi connectivity index (χ3v) is 4.50. The van der Waals surface area contributed by atoms with Gasteiger partial charge in [-0.1, -0.05) is 42.5 Å². The Morgan fingerprint density at radius 2 is 2.00 bits per heavy atom. The number of hydrogen-bond donors (Lipinski definition) is 1. The average molecular weight is 349 g/mol. The van der Waals surface area contributed by atoms with E-state index in [0.717, 1.165) is 18.4 Å². The number of benzene rings is 2. The molecule has 1 aliphatic rings. The van der Waals surface area contributed by atoms with Crippen LogP contribution in [0.1, 0.15) is 18.4 Å². The molecule has 4 rings (SSSR count). The molecule has 1 aliphatic carbocycles. The molecule has 0 amide bonds. The quantitative estimate of drug-likeness (QED) is 0.539. The Labute approximate surface area is 150 Å². The number of nitrogens with one attached hydrogen (secondary N) is 1. The van der Waals surface area contributed by atoms with Crippen molar-refractivity contribution in [3.63, 3.8) is 0 Å². The first kappa shape index (κ1) is 16.3. The Balaban J connectivity index is 1.63. The Bertz CT molecular complexity index is 966. The number of rotatable bonds is 6. The van der Waals surface area contributed by atoms with E-state index in [2.05, 4.69) is 39.6 Å². The summed E-state index contributed by atoms with van der Waals surface area (Å²) in [6.45, 7) is 0.613. The van der Waals surface area contributed by atoms with Crippen molar-refractivity contribution >= 4 is 28.2 Å². The largest absolute Gasteiger partial charge is 0.361 e. The van der Waals surface area contributed by atoms with E-state index in [1.807, 2.05) is 30.1 Å². The summed E-state index contributed by atoms with van der Waals surface area (Å²) >= 11 is 0. The highest BCUT2D eigenvalue weighted by atomic mass is 16.6.